The van der Waals surface area contributed by atoms with Crippen LogP contribution in [-0.4, -0.2) is 37.5 Å². The lowest BCUT2D eigenvalue weighted by molar-refractivity contribution is -0.123. The van der Waals surface area contributed by atoms with E-state index in [0.29, 0.717) is 24.4 Å². The quantitative estimate of drug-likeness (QED) is 0.768. The molecule has 0 aromatic heterocycles. The summed E-state index contributed by atoms with van der Waals surface area (Å²) < 4.78 is 0. The molecule has 0 radical (unpaired) electrons. The predicted molar refractivity (Wildman–Crippen MR) is 62.7 cm³/mol. The highest BCUT2D eigenvalue weighted by Gasteiger charge is 2.28. The molecule has 0 spiro atoms. The van der Waals surface area contributed by atoms with Crippen LogP contribution >= 0.6 is 0 Å². The average Bonchev–Trinajstić information content (AvgIpc) is 2.10. The van der Waals surface area contributed by atoms with Crippen molar-refractivity contribution in [1.29, 1.82) is 0 Å². The number of likely N-dealkylation sites (N-methyl/N-ethyl adjacent to an activating group) is 1. The van der Waals surface area contributed by atoms with E-state index in [1.165, 1.54) is 19.3 Å². The molecule has 1 fully saturated rings. The average molecular weight is 212 g/mol. The van der Waals surface area contributed by atoms with Gasteiger partial charge in [-0.3, -0.25) is 4.79 Å². The van der Waals surface area contributed by atoms with Gasteiger partial charge in [0, 0.05) is 6.04 Å². The van der Waals surface area contributed by atoms with E-state index in [4.69, 9.17) is 0 Å². The van der Waals surface area contributed by atoms with Gasteiger partial charge in [0.05, 0.1) is 6.54 Å². The van der Waals surface area contributed by atoms with Crippen LogP contribution in [0.15, 0.2) is 0 Å². The van der Waals surface area contributed by atoms with E-state index in [9.17, 15) is 4.79 Å². The Morgan fingerprint density at radius 2 is 1.80 bits per heavy atom. The van der Waals surface area contributed by atoms with Crippen LogP contribution in [0.4, 0.5) is 0 Å². The summed E-state index contributed by atoms with van der Waals surface area (Å²) in [5, 5.41) is 3.17. The van der Waals surface area contributed by atoms with Gasteiger partial charge < -0.3 is 10.2 Å². The lowest BCUT2D eigenvalue weighted by atomic mass is 9.79. The highest BCUT2D eigenvalue weighted by molar-refractivity contribution is 5.78. The molecule has 1 aliphatic rings. The highest BCUT2D eigenvalue weighted by atomic mass is 16.2. The molecule has 2 atom stereocenters. The summed E-state index contributed by atoms with van der Waals surface area (Å²) in [6.07, 6.45) is 3.80. The zero-order chi connectivity index (χ0) is 11.4. The molecule has 2 unspecified atom stereocenters. The molecule has 0 bridgehead atoms. The summed E-state index contributed by atoms with van der Waals surface area (Å²) in [5.74, 6) is 1.41. The molecule has 1 aliphatic carbocycles. The van der Waals surface area contributed by atoms with Gasteiger partial charge in [0.1, 0.15) is 0 Å². The van der Waals surface area contributed by atoms with Gasteiger partial charge in [-0.1, -0.05) is 20.3 Å². The minimum atomic E-state index is 0.158. The van der Waals surface area contributed by atoms with Gasteiger partial charge >= 0.3 is 0 Å². The first-order chi connectivity index (χ1) is 7.00. The third-order valence-electron chi connectivity index (χ3n) is 3.33. The van der Waals surface area contributed by atoms with E-state index < -0.39 is 0 Å². The number of nitrogens with one attached hydrogen (secondary N) is 1. The molecule has 88 valence electrons. The van der Waals surface area contributed by atoms with Crippen molar-refractivity contribution >= 4 is 5.91 Å². The summed E-state index contributed by atoms with van der Waals surface area (Å²) in [5.41, 5.74) is 0. The van der Waals surface area contributed by atoms with Crippen molar-refractivity contribution in [1.82, 2.24) is 10.2 Å². The van der Waals surface area contributed by atoms with Crippen molar-refractivity contribution in [3.63, 3.8) is 0 Å². The number of nitrogens with zero attached hydrogens (tertiary/aromatic N) is 1. The van der Waals surface area contributed by atoms with Crippen LogP contribution in [0, 0.1) is 11.8 Å². The predicted octanol–water partition coefficient (Wildman–Crippen LogP) is 1.49. The van der Waals surface area contributed by atoms with Crippen LogP contribution in [0.25, 0.3) is 0 Å². The fourth-order valence-corrected chi connectivity index (χ4v) is 2.49. The van der Waals surface area contributed by atoms with Gasteiger partial charge in [0.15, 0.2) is 0 Å². The first kappa shape index (κ1) is 12.5. The van der Waals surface area contributed by atoms with Gasteiger partial charge in [0.25, 0.3) is 0 Å². The van der Waals surface area contributed by atoms with E-state index in [1.54, 1.807) is 0 Å². The van der Waals surface area contributed by atoms with Gasteiger partial charge in [0.2, 0.25) is 5.91 Å². The van der Waals surface area contributed by atoms with E-state index in [0.717, 1.165) is 0 Å². The summed E-state index contributed by atoms with van der Waals surface area (Å²) in [6, 6.07) is 0.381. The number of hydrogen-bond acceptors (Lipinski definition) is 2. The first-order valence-electron chi connectivity index (χ1n) is 5.94. The minimum absolute atomic E-state index is 0.158. The molecular formula is C12H24N2O. The molecule has 1 saturated carbocycles. The molecule has 0 aromatic carbocycles. The SMILES string of the molecule is CC1CCCC(C)C1NC(=O)CN(C)C. The van der Waals surface area contributed by atoms with Crippen molar-refractivity contribution in [3.8, 4) is 0 Å². The van der Waals surface area contributed by atoms with E-state index in [-0.39, 0.29) is 5.91 Å². The smallest absolute Gasteiger partial charge is 0.234 e. The van der Waals surface area contributed by atoms with Crippen LogP contribution in [-0.2, 0) is 4.79 Å². The Morgan fingerprint density at radius 3 is 2.27 bits per heavy atom. The Kier molecular flexibility index (Phi) is 4.58. The Bertz CT molecular complexity index is 206. The molecule has 1 amide bonds. The minimum Gasteiger partial charge on any atom is -0.352 e. The lowest BCUT2D eigenvalue weighted by Gasteiger charge is -2.35. The largest absolute Gasteiger partial charge is 0.352 e. The summed E-state index contributed by atoms with van der Waals surface area (Å²) >= 11 is 0. The molecular weight excluding hydrogens is 188 g/mol. The van der Waals surface area contributed by atoms with Crippen LogP contribution in [0.2, 0.25) is 0 Å². The zero-order valence-corrected chi connectivity index (χ0v) is 10.4. The van der Waals surface area contributed by atoms with Crippen molar-refractivity contribution in [2.45, 2.75) is 39.2 Å². The molecule has 1 rings (SSSR count). The molecule has 3 nitrogen and oxygen atoms in total. The van der Waals surface area contributed by atoms with Crippen LogP contribution in [0.3, 0.4) is 0 Å². The standard InChI is InChI=1S/C12H24N2O/c1-9-6-5-7-10(2)12(9)13-11(15)8-14(3)4/h9-10,12H,5-8H2,1-4H3,(H,13,15). The van der Waals surface area contributed by atoms with Crippen molar-refractivity contribution in [2.75, 3.05) is 20.6 Å². The van der Waals surface area contributed by atoms with Gasteiger partial charge in [-0.05, 0) is 38.8 Å². The topological polar surface area (TPSA) is 32.3 Å². The Hall–Kier alpha value is -0.570. The maximum absolute atomic E-state index is 11.7. The summed E-state index contributed by atoms with van der Waals surface area (Å²) in [6.45, 7) is 4.99. The van der Waals surface area contributed by atoms with E-state index in [2.05, 4.69) is 19.2 Å². The molecule has 0 aromatic rings. The zero-order valence-electron chi connectivity index (χ0n) is 10.4. The number of hydrogen-bond donors (Lipinski definition) is 1. The molecule has 0 heterocycles. The molecule has 15 heavy (non-hydrogen) atoms. The second-order valence-corrected chi connectivity index (χ2v) is 5.22. The normalized spacial score (nSPS) is 31.7. The maximum atomic E-state index is 11.7. The van der Waals surface area contributed by atoms with Crippen molar-refractivity contribution in [2.24, 2.45) is 11.8 Å². The second kappa shape index (κ2) is 5.50. The monoisotopic (exact) mass is 212 g/mol. The first-order valence-corrected chi connectivity index (χ1v) is 5.94. The number of rotatable bonds is 3. The third-order valence-corrected chi connectivity index (χ3v) is 3.33. The maximum Gasteiger partial charge on any atom is 0.234 e. The number of carbonyl (C=O) groups excluding carboxylic acids is 1. The second-order valence-electron chi connectivity index (χ2n) is 5.22. The highest BCUT2D eigenvalue weighted by Crippen LogP contribution is 2.28. The van der Waals surface area contributed by atoms with Crippen molar-refractivity contribution < 1.29 is 4.79 Å². The van der Waals surface area contributed by atoms with Crippen LogP contribution < -0.4 is 5.32 Å². The van der Waals surface area contributed by atoms with Gasteiger partial charge in [-0.15, -0.1) is 0 Å². The van der Waals surface area contributed by atoms with E-state index in [1.807, 2.05) is 19.0 Å². The van der Waals surface area contributed by atoms with Gasteiger partial charge in [-0.2, -0.15) is 0 Å². The Morgan fingerprint density at radius 1 is 1.27 bits per heavy atom. The Labute approximate surface area is 93.2 Å². The molecule has 0 saturated heterocycles. The van der Waals surface area contributed by atoms with E-state index >= 15 is 0 Å². The lowest BCUT2D eigenvalue weighted by Crippen LogP contribution is -2.48. The van der Waals surface area contributed by atoms with Gasteiger partial charge in [-0.25, -0.2) is 0 Å². The third kappa shape index (κ3) is 3.82. The van der Waals surface area contributed by atoms with Crippen LogP contribution in [0.5, 0.6) is 0 Å². The fraction of sp³-hybridized carbons (Fsp3) is 0.917. The summed E-state index contributed by atoms with van der Waals surface area (Å²) in [7, 11) is 3.85. The number of amides is 1. The molecule has 3 heteroatoms. The summed E-state index contributed by atoms with van der Waals surface area (Å²) in [4.78, 5) is 13.6. The fourth-order valence-electron chi connectivity index (χ4n) is 2.49. The van der Waals surface area contributed by atoms with Crippen LogP contribution in [0.1, 0.15) is 33.1 Å². The van der Waals surface area contributed by atoms with Crippen molar-refractivity contribution in [3.05, 3.63) is 0 Å². The number of carbonyl (C=O) groups is 1. The molecule has 0 aliphatic heterocycles. The Balaban J connectivity index is 2.44. The molecule has 1 N–H and O–H groups in total.